The lowest BCUT2D eigenvalue weighted by Crippen LogP contribution is -2.14. The van der Waals surface area contributed by atoms with Crippen LogP contribution in [0.5, 0.6) is 0 Å². The molecule has 1 aromatic carbocycles. The first-order valence-corrected chi connectivity index (χ1v) is 10.1. The molecule has 0 aliphatic carbocycles. The third-order valence-corrected chi connectivity index (χ3v) is 5.54. The molecule has 0 spiro atoms. The van der Waals surface area contributed by atoms with E-state index in [1.54, 1.807) is 4.52 Å². The summed E-state index contributed by atoms with van der Waals surface area (Å²) in [7, 11) is 0. The van der Waals surface area contributed by atoms with Gasteiger partial charge in [0.15, 0.2) is 11.5 Å². The van der Waals surface area contributed by atoms with Crippen LogP contribution in [0.3, 0.4) is 0 Å². The summed E-state index contributed by atoms with van der Waals surface area (Å²) in [5.74, 6) is 0.744. The molecule has 0 fully saturated rings. The quantitative estimate of drug-likeness (QED) is 0.500. The zero-order valence-electron chi connectivity index (χ0n) is 14.4. The lowest BCUT2D eigenvalue weighted by molar-refractivity contribution is -0.113. The second-order valence-electron chi connectivity index (χ2n) is 5.52. The molecule has 0 saturated carbocycles. The number of aryl methyl sites for hydroxylation is 1. The van der Waals surface area contributed by atoms with Crippen LogP contribution in [0.1, 0.15) is 11.9 Å². The van der Waals surface area contributed by atoms with E-state index in [1.165, 1.54) is 23.1 Å². The second kappa shape index (κ2) is 7.80. The molecule has 136 valence electrons. The van der Waals surface area contributed by atoms with Crippen molar-refractivity contribution in [2.45, 2.75) is 18.4 Å². The largest absolute Gasteiger partial charge is 0.300 e. The summed E-state index contributed by atoms with van der Waals surface area (Å²) in [6.07, 6.45) is 0.801. The van der Waals surface area contributed by atoms with Gasteiger partial charge in [-0.15, -0.1) is 20.4 Å². The van der Waals surface area contributed by atoms with E-state index in [1.807, 2.05) is 49.4 Å². The molecule has 3 aromatic heterocycles. The van der Waals surface area contributed by atoms with Gasteiger partial charge < -0.3 is 0 Å². The van der Waals surface area contributed by atoms with Gasteiger partial charge in [-0.25, -0.2) is 0 Å². The fourth-order valence-electron chi connectivity index (χ4n) is 2.36. The van der Waals surface area contributed by atoms with Gasteiger partial charge in [-0.3, -0.25) is 10.1 Å². The smallest absolute Gasteiger partial charge is 0.236 e. The zero-order chi connectivity index (χ0) is 18.6. The molecule has 0 aliphatic heterocycles. The third-order valence-electron chi connectivity index (χ3n) is 3.64. The first-order valence-electron chi connectivity index (χ1n) is 8.26. The van der Waals surface area contributed by atoms with Gasteiger partial charge in [-0.2, -0.15) is 9.61 Å². The van der Waals surface area contributed by atoms with Crippen LogP contribution in [-0.4, -0.2) is 41.7 Å². The Morgan fingerprint density at radius 1 is 1.11 bits per heavy atom. The summed E-state index contributed by atoms with van der Waals surface area (Å²) in [6, 6.07) is 13.4. The summed E-state index contributed by atoms with van der Waals surface area (Å²) >= 11 is 2.73. The van der Waals surface area contributed by atoms with E-state index in [0.717, 1.165) is 17.0 Å². The topological polar surface area (TPSA) is 98.0 Å². The molecule has 0 atom stereocenters. The van der Waals surface area contributed by atoms with Gasteiger partial charge in [0.05, 0.1) is 5.75 Å². The van der Waals surface area contributed by atoms with Crippen molar-refractivity contribution in [3.05, 3.63) is 47.5 Å². The zero-order valence-corrected chi connectivity index (χ0v) is 16.0. The molecule has 27 heavy (non-hydrogen) atoms. The number of nitrogens with one attached hydrogen (secondary N) is 1. The normalized spacial score (nSPS) is 11.0. The highest BCUT2D eigenvalue weighted by molar-refractivity contribution is 7.99. The Morgan fingerprint density at radius 2 is 1.96 bits per heavy atom. The molecule has 0 saturated heterocycles. The molecule has 10 heteroatoms. The van der Waals surface area contributed by atoms with E-state index in [0.29, 0.717) is 21.6 Å². The number of rotatable bonds is 6. The molecule has 3 heterocycles. The summed E-state index contributed by atoms with van der Waals surface area (Å²) in [6.45, 7) is 2.00. The highest BCUT2D eigenvalue weighted by Gasteiger charge is 2.12. The first-order chi connectivity index (χ1) is 13.2. The number of benzene rings is 1. The highest BCUT2D eigenvalue weighted by Crippen LogP contribution is 2.21. The number of carbonyl (C=O) groups is 1. The fourth-order valence-corrected chi connectivity index (χ4v) is 3.71. The Bertz CT molecular complexity index is 1080. The number of aromatic nitrogens is 6. The maximum absolute atomic E-state index is 12.1. The van der Waals surface area contributed by atoms with Crippen LogP contribution in [0.25, 0.3) is 17.0 Å². The van der Waals surface area contributed by atoms with Gasteiger partial charge in [0.2, 0.25) is 11.0 Å². The van der Waals surface area contributed by atoms with Crippen molar-refractivity contribution in [1.82, 2.24) is 30.0 Å². The SMILES string of the molecule is CCc1nnc(NC(=O)CSc2ccc3nnc(-c4ccccc4)n3n2)s1. The summed E-state index contributed by atoms with van der Waals surface area (Å²) in [4.78, 5) is 12.1. The molecule has 4 rings (SSSR count). The molecule has 0 unspecified atom stereocenters. The predicted molar refractivity (Wildman–Crippen MR) is 105 cm³/mol. The standard InChI is InChI=1S/C17H15N7OS2/c1-2-14-20-22-17(27-14)18-13(25)10-26-15-9-8-12-19-21-16(24(12)23-15)11-6-4-3-5-7-11/h3-9H,2,10H2,1H3,(H,18,22,25). The minimum atomic E-state index is -0.146. The molecular formula is C17H15N7OS2. The second-order valence-corrected chi connectivity index (χ2v) is 7.58. The first kappa shape index (κ1) is 17.6. The Hall–Kier alpha value is -2.85. The summed E-state index contributed by atoms with van der Waals surface area (Å²) in [5, 5.41) is 25.7. The predicted octanol–water partition coefficient (Wildman–Crippen LogP) is 2.94. The van der Waals surface area contributed by atoms with E-state index >= 15 is 0 Å². The number of thioether (sulfide) groups is 1. The van der Waals surface area contributed by atoms with E-state index in [2.05, 4.69) is 30.8 Å². The van der Waals surface area contributed by atoms with Crippen molar-refractivity contribution in [2.24, 2.45) is 0 Å². The molecule has 0 bridgehead atoms. The Balaban J connectivity index is 1.47. The maximum atomic E-state index is 12.1. The van der Waals surface area contributed by atoms with Crippen LogP contribution in [0.15, 0.2) is 47.5 Å². The van der Waals surface area contributed by atoms with Crippen LogP contribution in [0.2, 0.25) is 0 Å². The van der Waals surface area contributed by atoms with E-state index in [9.17, 15) is 4.79 Å². The molecule has 4 aromatic rings. The van der Waals surface area contributed by atoms with Gasteiger partial charge >= 0.3 is 0 Å². The van der Waals surface area contributed by atoms with Crippen LogP contribution < -0.4 is 5.32 Å². The van der Waals surface area contributed by atoms with Gasteiger partial charge in [0.25, 0.3) is 0 Å². The average molecular weight is 397 g/mol. The van der Waals surface area contributed by atoms with Crippen molar-refractivity contribution in [2.75, 3.05) is 11.1 Å². The summed E-state index contributed by atoms with van der Waals surface area (Å²) < 4.78 is 1.69. The maximum Gasteiger partial charge on any atom is 0.236 e. The van der Waals surface area contributed by atoms with Gasteiger partial charge in [-0.05, 0) is 18.6 Å². The minimum absolute atomic E-state index is 0.146. The molecular weight excluding hydrogens is 382 g/mol. The van der Waals surface area contributed by atoms with Crippen molar-refractivity contribution in [1.29, 1.82) is 0 Å². The van der Waals surface area contributed by atoms with Gasteiger partial charge in [0.1, 0.15) is 10.0 Å². The number of fused-ring (bicyclic) bond motifs is 1. The van der Waals surface area contributed by atoms with Crippen molar-refractivity contribution in [3.8, 4) is 11.4 Å². The number of carbonyl (C=O) groups excluding carboxylic acids is 1. The Morgan fingerprint density at radius 3 is 2.74 bits per heavy atom. The van der Waals surface area contributed by atoms with Gasteiger partial charge in [0, 0.05) is 5.56 Å². The van der Waals surface area contributed by atoms with Crippen molar-refractivity contribution in [3.63, 3.8) is 0 Å². The Kier molecular flexibility index (Phi) is 5.07. The van der Waals surface area contributed by atoms with E-state index in [4.69, 9.17) is 0 Å². The third kappa shape index (κ3) is 3.96. The Labute approximate surface area is 163 Å². The fraction of sp³-hybridized carbons (Fsp3) is 0.176. The molecule has 8 nitrogen and oxygen atoms in total. The van der Waals surface area contributed by atoms with Crippen molar-refractivity contribution >= 4 is 39.8 Å². The lowest BCUT2D eigenvalue weighted by Gasteiger charge is -2.03. The number of anilines is 1. The minimum Gasteiger partial charge on any atom is -0.300 e. The number of hydrogen-bond acceptors (Lipinski definition) is 8. The lowest BCUT2D eigenvalue weighted by atomic mass is 10.2. The highest BCUT2D eigenvalue weighted by atomic mass is 32.2. The van der Waals surface area contributed by atoms with Crippen LogP contribution in [-0.2, 0) is 11.2 Å². The van der Waals surface area contributed by atoms with E-state index < -0.39 is 0 Å². The number of nitrogens with zero attached hydrogens (tertiary/aromatic N) is 6. The van der Waals surface area contributed by atoms with Crippen LogP contribution in [0.4, 0.5) is 5.13 Å². The molecule has 1 amide bonds. The molecule has 1 N–H and O–H groups in total. The number of amides is 1. The molecule has 0 radical (unpaired) electrons. The average Bonchev–Trinajstić information content (AvgIpc) is 3.33. The van der Waals surface area contributed by atoms with Gasteiger partial charge in [-0.1, -0.05) is 60.4 Å². The van der Waals surface area contributed by atoms with Crippen LogP contribution in [0, 0.1) is 0 Å². The monoisotopic (exact) mass is 397 g/mol. The molecule has 0 aliphatic rings. The van der Waals surface area contributed by atoms with Crippen molar-refractivity contribution < 1.29 is 4.79 Å². The van der Waals surface area contributed by atoms with Crippen LogP contribution >= 0.6 is 23.1 Å². The number of hydrogen-bond donors (Lipinski definition) is 1. The van der Waals surface area contributed by atoms with E-state index in [-0.39, 0.29) is 11.7 Å². The summed E-state index contributed by atoms with van der Waals surface area (Å²) in [5.41, 5.74) is 1.59.